The molecule has 0 spiro atoms. The van der Waals surface area contributed by atoms with Crippen molar-refractivity contribution in [3.05, 3.63) is 33.9 Å². The molecule has 0 saturated carbocycles. The fourth-order valence-electron chi connectivity index (χ4n) is 2.03. The lowest BCUT2D eigenvalue weighted by Crippen LogP contribution is -2.04. The molecule has 0 radical (unpaired) electrons. The van der Waals surface area contributed by atoms with Gasteiger partial charge in [0.05, 0.1) is 6.54 Å². The number of fused-ring (bicyclic) bond motifs is 1. The lowest BCUT2D eigenvalue weighted by atomic mass is 10.3. The van der Waals surface area contributed by atoms with Crippen LogP contribution in [-0.2, 0) is 13.0 Å². The van der Waals surface area contributed by atoms with Gasteiger partial charge in [-0.2, -0.15) is 0 Å². The van der Waals surface area contributed by atoms with Crippen LogP contribution in [0.15, 0.2) is 18.5 Å². The summed E-state index contributed by atoms with van der Waals surface area (Å²) in [5.41, 5.74) is 8.78. The Kier molecular flexibility index (Phi) is 2.94. The molecule has 0 amide bonds. The minimum absolute atomic E-state index is 0.491. The Balaban J connectivity index is 2.05. The Labute approximate surface area is 115 Å². The third kappa shape index (κ3) is 2.08. The summed E-state index contributed by atoms with van der Waals surface area (Å²) in [6, 6.07) is 1.94. The molecule has 0 atom stereocenters. The monoisotopic (exact) mass is 273 g/mol. The molecule has 0 bridgehead atoms. The van der Waals surface area contributed by atoms with Gasteiger partial charge in [-0.1, -0.05) is 6.92 Å². The van der Waals surface area contributed by atoms with Crippen molar-refractivity contribution < 1.29 is 0 Å². The summed E-state index contributed by atoms with van der Waals surface area (Å²) < 4.78 is 1.92. The number of rotatable bonds is 3. The fraction of sp³-hybridized carbons (Fsp3) is 0.308. The van der Waals surface area contributed by atoms with Crippen LogP contribution in [0.3, 0.4) is 0 Å². The summed E-state index contributed by atoms with van der Waals surface area (Å²) in [7, 11) is 0. The molecule has 0 unspecified atom stereocenters. The number of anilines is 1. The Morgan fingerprint density at radius 1 is 1.37 bits per heavy atom. The van der Waals surface area contributed by atoms with E-state index in [4.69, 9.17) is 5.73 Å². The molecule has 0 fully saturated rings. The number of thiazole rings is 1. The van der Waals surface area contributed by atoms with Crippen molar-refractivity contribution in [1.29, 1.82) is 0 Å². The SMILES string of the molecule is CCc1cnc(Cn2c(N)nc3c(C)ccnc32)s1. The molecule has 0 aromatic carbocycles. The Morgan fingerprint density at radius 3 is 2.95 bits per heavy atom. The number of aryl methyl sites for hydroxylation is 2. The molecule has 3 rings (SSSR count). The van der Waals surface area contributed by atoms with Crippen molar-refractivity contribution in [2.45, 2.75) is 26.8 Å². The maximum absolute atomic E-state index is 6.00. The second kappa shape index (κ2) is 4.62. The van der Waals surface area contributed by atoms with E-state index in [-0.39, 0.29) is 0 Å². The third-order valence-corrected chi connectivity index (χ3v) is 4.23. The van der Waals surface area contributed by atoms with E-state index in [0.29, 0.717) is 12.5 Å². The Morgan fingerprint density at radius 2 is 2.21 bits per heavy atom. The normalized spacial score (nSPS) is 11.3. The average Bonchev–Trinajstić information content (AvgIpc) is 2.97. The van der Waals surface area contributed by atoms with Crippen molar-refractivity contribution in [2.24, 2.45) is 0 Å². The number of nitrogen functional groups attached to an aromatic ring is 1. The van der Waals surface area contributed by atoms with Gasteiger partial charge in [-0.3, -0.25) is 4.57 Å². The quantitative estimate of drug-likeness (QED) is 0.795. The molecule has 6 heteroatoms. The molecule has 3 heterocycles. The van der Waals surface area contributed by atoms with Gasteiger partial charge < -0.3 is 5.73 Å². The van der Waals surface area contributed by atoms with Gasteiger partial charge in [0.1, 0.15) is 10.5 Å². The van der Waals surface area contributed by atoms with E-state index >= 15 is 0 Å². The number of pyridine rings is 1. The molecule has 5 nitrogen and oxygen atoms in total. The van der Waals surface area contributed by atoms with Crippen LogP contribution >= 0.6 is 11.3 Å². The van der Waals surface area contributed by atoms with Crippen molar-refractivity contribution in [1.82, 2.24) is 19.5 Å². The zero-order valence-corrected chi connectivity index (χ0v) is 11.7. The van der Waals surface area contributed by atoms with E-state index in [0.717, 1.165) is 28.2 Å². The van der Waals surface area contributed by atoms with E-state index < -0.39 is 0 Å². The lowest BCUT2D eigenvalue weighted by Gasteiger charge is -2.02. The number of hydrogen-bond acceptors (Lipinski definition) is 5. The topological polar surface area (TPSA) is 69.6 Å². The van der Waals surface area contributed by atoms with Crippen LogP contribution in [-0.4, -0.2) is 19.5 Å². The van der Waals surface area contributed by atoms with Crippen LogP contribution in [0.5, 0.6) is 0 Å². The highest BCUT2D eigenvalue weighted by molar-refractivity contribution is 7.11. The summed E-state index contributed by atoms with van der Waals surface area (Å²) in [5.74, 6) is 0.491. The average molecular weight is 273 g/mol. The zero-order valence-electron chi connectivity index (χ0n) is 10.9. The molecular weight excluding hydrogens is 258 g/mol. The molecule has 0 aliphatic rings. The van der Waals surface area contributed by atoms with Gasteiger partial charge in [0.15, 0.2) is 5.65 Å². The molecule has 2 N–H and O–H groups in total. The highest BCUT2D eigenvalue weighted by Gasteiger charge is 2.12. The molecule has 0 aliphatic carbocycles. The fourth-order valence-corrected chi connectivity index (χ4v) is 2.88. The molecular formula is C13H15N5S. The van der Waals surface area contributed by atoms with Gasteiger partial charge in [-0.25, -0.2) is 15.0 Å². The van der Waals surface area contributed by atoms with Crippen LogP contribution in [0.25, 0.3) is 11.2 Å². The smallest absolute Gasteiger partial charge is 0.202 e. The van der Waals surface area contributed by atoms with E-state index in [1.54, 1.807) is 17.5 Å². The number of nitrogens with zero attached hydrogens (tertiary/aromatic N) is 4. The first-order valence-corrected chi connectivity index (χ1v) is 7.01. The third-order valence-electron chi connectivity index (χ3n) is 3.11. The maximum Gasteiger partial charge on any atom is 0.202 e. The first kappa shape index (κ1) is 12.1. The van der Waals surface area contributed by atoms with E-state index in [1.807, 2.05) is 23.8 Å². The highest BCUT2D eigenvalue weighted by atomic mass is 32.1. The van der Waals surface area contributed by atoms with E-state index in [2.05, 4.69) is 21.9 Å². The number of nitrogens with two attached hydrogens (primary N) is 1. The van der Waals surface area contributed by atoms with Crippen molar-refractivity contribution in [3.8, 4) is 0 Å². The lowest BCUT2D eigenvalue weighted by molar-refractivity contribution is 0.819. The van der Waals surface area contributed by atoms with Crippen molar-refractivity contribution >= 4 is 28.4 Å². The Bertz CT molecular complexity index is 728. The van der Waals surface area contributed by atoms with Crippen molar-refractivity contribution in [3.63, 3.8) is 0 Å². The van der Waals surface area contributed by atoms with Gasteiger partial charge in [-0.05, 0) is 25.0 Å². The summed E-state index contributed by atoms with van der Waals surface area (Å²) in [6.07, 6.45) is 4.72. The summed E-state index contributed by atoms with van der Waals surface area (Å²) >= 11 is 1.71. The molecule has 0 saturated heterocycles. The highest BCUT2D eigenvalue weighted by Crippen LogP contribution is 2.22. The second-order valence-electron chi connectivity index (χ2n) is 4.43. The predicted molar refractivity (Wildman–Crippen MR) is 77.3 cm³/mol. The molecule has 3 aromatic rings. The first-order valence-electron chi connectivity index (χ1n) is 6.20. The first-order chi connectivity index (χ1) is 9.19. The minimum Gasteiger partial charge on any atom is -0.369 e. The van der Waals surface area contributed by atoms with Gasteiger partial charge in [0, 0.05) is 17.3 Å². The standard InChI is InChI=1S/C13H15N5S/c1-3-9-6-16-10(19-9)7-18-12-11(17-13(18)14)8(2)4-5-15-12/h4-6H,3,7H2,1-2H3,(H2,14,17). The summed E-state index contributed by atoms with van der Waals surface area (Å²) in [4.78, 5) is 14.5. The van der Waals surface area contributed by atoms with Crippen LogP contribution in [0.4, 0.5) is 5.95 Å². The van der Waals surface area contributed by atoms with Crippen molar-refractivity contribution in [2.75, 3.05) is 5.73 Å². The van der Waals surface area contributed by atoms with Gasteiger partial charge in [-0.15, -0.1) is 11.3 Å². The largest absolute Gasteiger partial charge is 0.369 e. The molecule has 98 valence electrons. The second-order valence-corrected chi connectivity index (χ2v) is 5.63. The van der Waals surface area contributed by atoms with E-state index in [9.17, 15) is 0 Å². The van der Waals surface area contributed by atoms with Gasteiger partial charge in [0.2, 0.25) is 5.95 Å². The van der Waals surface area contributed by atoms with Crippen LogP contribution in [0.1, 0.15) is 22.4 Å². The summed E-state index contributed by atoms with van der Waals surface area (Å²) in [6.45, 7) is 4.77. The van der Waals surface area contributed by atoms with Gasteiger partial charge >= 0.3 is 0 Å². The zero-order chi connectivity index (χ0) is 13.4. The predicted octanol–water partition coefficient (Wildman–Crippen LogP) is 2.39. The van der Waals surface area contributed by atoms with E-state index in [1.165, 1.54) is 4.88 Å². The number of hydrogen-bond donors (Lipinski definition) is 1. The maximum atomic E-state index is 6.00. The van der Waals surface area contributed by atoms with Crippen LogP contribution < -0.4 is 5.73 Å². The Hall–Kier alpha value is -1.95. The molecule has 0 aliphatic heterocycles. The van der Waals surface area contributed by atoms with Gasteiger partial charge in [0.25, 0.3) is 0 Å². The van der Waals surface area contributed by atoms with Crippen LogP contribution in [0.2, 0.25) is 0 Å². The number of aromatic nitrogens is 4. The molecule has 19 heavy (non-hydrogen) atoms. The van der Waals surface area contributed by atoms with Crippen LogP contribution in [0, 0.1) is 6.92 Å². The minimum atomic E-state index is 0.491. The molecule has 3 aromatic heterocycles. The summed E-state index contributed by atoms with van der Waals surface area (Å²) in [5, 5.41) is 1.03. The number of imidazole rings is 1.